The highest BCUT2D eigenvalue weighted by Crippen LogP contribution is 2.04. The minimum atomic E-state index is -1.84. The van der Waals surface area contributed by atoms with E-state index in [-0.39, 0.29) is 6.29 Å². The predicted molar refractivity (Wildman–Crippen MR) is 45.2 cm³/mol. The zero-order valence-electron chi connectivity index (χ0n) is 7.54. The lowest BCUT2D eigenvalue weighted by Crippen LogP contribution is -2.46. The van der Waals surface area contributed by atoms with Gasteiger partial charge < -0.3 is 30.1 Å². The predicted octanol–water partition coefficient (Wildman–Crippen LogP) is -2.13. The van der Waals surface area contributed by atoms with Gasteiger partial charge in [0.15, 0.2) is 6.29 Å². The number of aldehydes is 1. The molecule has 86 valence electrons. The lowest BCUT2D eigenvalue weighted by Gasteiger charge is -2.23. The molecule has 15 heavy (non-hydrogen) atoms. The van der Waals surface area contributed by atoms with E-state index in [2.05, 4.69) is 15.0 Å². The van der Waals surface area contributed by atoms with Gasteiger partial charge in [0.2, 0.25) is 0 Å². The van der Waals surface area contributed by atoms with Crippen molar-refractivity contribution in [3.63, 3.8) is 0 Å². The third-order valence-electron chi connectivity index (χ3n) is 1.57. The van der Waals surface area contributed by atoms with Crippen molar-refractivity contribution >= 4 is 6.29 Å². The third kappa shape index (κ3) is 4.58. The number of rotatable bonds is 7. The van der Waals surface area contributed by atoms with Crippen molar-refractivity contribution in [2.45, 2.75) is 24.4 Å². The zero-order chi connectivity index (χ0) is 11.8. The van der Waals surface area contributed by atoms with Crippen molar-refractivity contribution in [1.82, 2.24) is 0 Å². The molecule has 0 heterocycles. The fraction of sp³-hybridized carbons (Fsp3) is 0.833. The Morgan fingerprint density at radius 1 is 1.33 bits per heavy atom. The lowest BCUT2D eigenvalue weighted by molar-refractivity contribution is -0.138. The third-order valence-corrected chi connectivity index (χ3v) is 1.57. The summed E-state index contributed by atoms with van der Waals surface area (Å²) in [6.07, 6.45) is -7.03. The Kier molecular flexibility index (Phi) is 6.34. The molecule has 0 saturated carbocycles. The SMILES string of the molecule is [N-]=[N+]=NOC[C@@H](O)[C@H](O)[C@H](O)[C@@H](O)C=O. The molecule has 0 aliphatic heterocycles. The summed E-state index contributed by atoms with van der Waals surface area (Å²) in [4.78, 5) is 16.4. The molecule has 9 heteroatoms. The summed E-state index contributed by atoms with van der Waals surface area (Å²) in [5.74, 6) is 0. The normalized spacial score (nSPS) is 18.1. The first-order valence-electron chi connectivity index (χ1n) is 3.88. The summed E-state index contributed by atoms with van der Waals surface area (Å²) in [5.41, 5.74) is 7.81. The van der Waals surface area contributed by atoms with Crippen LogP contribution < -0.4 is 0 Å². The van der Waals surface area contributed by atoms with Gasteiger partial charge in [-0.1, -0.05) is 0 Å². The van der Waals surface area contributed by atoms with Crippen LogP contribution in [0.4, 0.5) is 0 Å². The van der Waals surface area contributed by atoms with Gasteiger partial charge >= 0.3 is 0 Å². The number of aliphatic hydroxyl groups excluding tert-OH is 4. The average molecular weight is 221 g/mol. The standard InChI is InChI=1S/C6H11N3O6/c7-8-9-15-2-4(12)6(14)5(13)3(11)1-10/h1,3-6,11-14H,2H2/t3-,4+,5+,6-/m0/s1. The number of azide groups is 1. The Morgan fingerprint density at radius 2 is 1.93 bits per heavy atom. The highest BCUT2D eigenvalue weighted by molar-refractivity contribution is 5.56. The van der Waals surface area contributed by atoms with Gasteiger partial charge in [0.25, 0.3) is 0 Å². The first kappa shape index (κ1) is 13.6. The van der Waals surface area contributed by atoms with E-state index in [1.54, 1.807) is 0 Å². The second kappa shape index (κ2) is 6.98. The van der Waals surface area contributed by atoms with Crippen molar-refractivity contribution in [1.29, 1.82) is 0 Å². The molecule has 0 aromatic heterocycles. The van der Waals surface area contributed by atoms with E-state index in [9.17, 15) is 4.79 Å². The molecule has 0 rings (SSSR count). The quantitative estimate of drug-likeness (QED) is 0.126. The summed E-state index contributed by atoms with van der Waals surface area (Å²) in [6.45, 7) is -0.576. The zero-order valence-corrected chi connectivity index (χ0v) is 7.54. The molecular formula is C6H11N3O6. The van der Waals surface area contributed by atoms with E-state index in [0.717, 1.165) is 0 Å². The van der Waals surface area contributed by atoms with Gasteiger partial charge in [0.1, 0.15) is 36.3 Å². The summed E-state index contributed by atoms with van der Waals surface area (Å²) in [6, 6.07) is 0. The van der Waals surface area contributed by atoms with Crippen LogP contribution in [0.5, 0.6) is 0 Å². The molecule has 0 fully saturated rings. The Labute approximate surface area is 84.1 Å². The summed E-state index contributed by atoms with van der Waals surface area (Å²) >= 11 is 0. The van der Waals surface area contributed by atoms with Crippen LogP contribution in [0.1, 0.15) is 0 Å². The number of hydrogen-bond acceptors (Lipinski definition) is 7. The summed E-state index contributed by atoms with van der Waals surface area (Å²) in [7, 11) is 0. The van der Waals surface area contributed by atoms with Gasteiger partial charge in [-0.2, -0.15) is 0 Å². The van der Waals surface area contributed by atoms with Crippen LogP contribution in [0.15, 0.2) is 5.28 Å². The fourth-order valence-corrected chi connectivity index (χ4v) is 0.744. The number of nitrogens with zero attached hydrogens (tertiary/aromatic N) is 3. The molecule has 0 aromatic carbocycles. The van der Waals surface area contributed by atoms with Crippen LogP contribution >= 0.6 is 0 Å². The summed E-state index contributed by atoms with van der Waals surface area (Å²) in [5, 5.41) is 38.7. The van der Waals surface area contributed by atoms with E-state index >= 15 is 0 Å². The molecule has 0 bridgehead atoms. The van der Waals surface area contributed by atoms with E-state index < -0.39 is 31.0 Å². The molecule has 4 atom stereocenters. The van der Waals surface area contributed by atoms with Crippen molar-refractivity contribution in [2.75, 3.05) is 6.61 Å². The van der Waals surface area contributed by atoms with E-state index in [0.29, 0.717) is 0 Å². The number of aliphatic hydroxyl groups is 4. The monoisotopic (exact) mass is 221 g/mol. The second-order valence-electron chi connectivity index (χ2n) is 2.64. The van der Waals surface area contributed by atoms with Crippen LogP contribution in [0, 0.1) is 0 Å². The molecule has 0 radical (unpaired) electrons. The van der Waals surface area contributed by atoms with Gasteiger partial charge in [0.05, 0.1) is 0 Å². The maximum atomic E-state index is 10.0. The smallest absolute Gasteiger partial charge is 0.151 e. The number of carbonyl (C=O) groups is 1. The molecule has 0 aliphatic carbocycles. The molecule has 4 N–H and O–H groups in total. The van der Waals surface area contributed by atoms with Crippen LogP contribution in [-0.4, -0.2) is 57.7 Å². The van der Waals surface area contributed by atoms with E-state index in [4.69, 9.17) is 26.0 Å². The second-order valence-corrected chi connectivity index (χ2v) is 2.64. The lowest BCUT2D eigenvalue weighted by atomic mass is 10.0. The van der Waals surface area contributed by atoms with Crippen LogP contribution in [0.25, 0.3) is 10.4 Å². The molecule has 0 amide bonds. The molecule has 9 nitrogen and oxygen atoms in total. The first-order chi connectivity index (χ1) is 7.04. The fourth-order valence-electron chi connectivity index (χ4n) is 0.744. The molecule has 0 spiro atoms. The van der Waals surface area contributed by atoms with Gasteiger partial charge in [-0.15, -0.1) is 0 Å². The average Bonchev–Trinajstić information content (AvgIpc) is 2.26. The molecule has 0 aliphatic rings. The topological polar surface area (TPSA) is 156 Å². The van der Waals surface area contributed by atoms with Gasteiger partial charge in [0, 0.05) is 4.91 Å². The Hall–Kier alpha value is -1.38. The van der Waals surface area contributed by atoms with Crippen molar-refractivity contribution in [2.24, 2.45) is 5.28 Å². The van der Waals surface area contributed by atoms with Crippen molar-refractivity contribution < 1.29 is 30.1 Å². The van der Waals surface area contributed by atoms with E-state index in [1.807, 2.05) is 0 Å². The Bertz CT molecular complexity index is 243. The van der Waals surface area contributed by atoms with Gasteiger partial charge in [-0.05, 0) is 5.53 Å². The maximum Gasteiger partial charge on any atom is 0.151 e. The molecule has 0 aromatic rings. The minimum Gasteiger partial charge on any atom is -0.431 e. The molecule has 0 saturated heterocycles. The van der Waals surface area contributed by atoms with Crippen LogP contribution in [-0.2, 0) is 9.63 Å². The Balaban J connectivity index is 4.11. The van der Waals surface area contributed by atoms with Crippen LogP contribution in [0.2, 0.25) is 0 Å². The minimum absolute atomic E-state index is 0.00882. The first-order valence-corrected chi connectivity index (χ1v) is 3.88. The molecular weight excluding hydrogens is 210 g/mol. The molecule has 0 unspecified atom stereocenters. The van der Waals surface area contributed by atoms with Gasteiger partial charge in [-0.3, -0.25) is 0 Å². The largest absolute Gasteiger partial charge is 0.431 e. The van der Waals surface area contributed by atoms with E-state index in [1.165, 1.54) is 0 Å². The van der Waals surface area contributed by atoms with Crippen molar-refractivity contribution in [3.05, 3.63) is 10.4 Å². The highest BCUT2D eigenvalue weighted by Gasteiger charge is 2.30. The number of carbonyl (C=O) groups excluding carboxylic acids is 1. The maximum absolute atomic E-state index is 10.0. The van der Waals surface area contributed by atoms with Crippen LogP contribution in [0.3, 0.4) is 0 Å². The highest BCUT2D eigenvalue weighted by atomic mass is 16.6. The number of hydrogen-bond donors (Lipinski definition) is 4. The Morgan fingerprint density at radius 3 is 2.40 bits per heavy atom. The summed E-state index contributed by atoms with van der Waals surface area (Å²) < 4.78 is 0. The van der Waals surface area contributed by atoms with Crippen molar-refractivity contribution in [3.8, 4) is 0 Å². The van der Waals surface area contributed by atoms with Gasteiger partial charge in [-0.25, -0.2) is 0 Å².